The van der Waals surface area contributed by atoms with E-state index in [1.165, 1.54) is 0 Å². The van der Waals surface area contributed by atoms with Crippen molar-refractivity contribution < 1.29 is 18.7 Å². The van der Waals surface area contributed by atoms with Gasteiger partial charge in [-0.25, -0.2) is 13.6 Å². The van der Waals surface area contributed by atoms with Gasteiger partial charge in [0.15, 0.2) is 0 Å². The topological polar surface area (TPSA) is 66.6 Å². The summed E-state index contributed by atoms with van der Waals surface area (Å²) in [5.74, 6) is -2.92. The fourth-order valence-corrected chi connectivity index (χ4v) is 1.11. The van der Waals surface area contributed by atoms with Crippen LogP contribution in [0.2, 0.25) is 0 Å². The Labute approximate surface area is 67.9 Å². The molecular weight excluding hydrogens is 170 g/mol. The maximum atomic E-state index is 12.7. The zero-order valence-electron chi connectivity index (χ0n) is 6.33. The van der Waals surface area contributed by atoms with Gasteiger partial charge in [-0.05, 0) is 0 Å². The molecule has 3 N–H and O–H groups in total. The summed E-state index contributed by atoms with van der Waals surface area (Å²) < 4.78 is 25.4. The van der Waals surface area contributed by atoms with Crippen molar-refractivity contribution in [3.63, 3.8) is 0 Å². The van der Waals surface area contributed by atoms with Gasteiger partial charge in [0.05, 0.1) is 6.04 Å². The quantitative estimate of drug-likeness (QED) is 0.564. The molecule has 0 spiro atoms. The van der Waals surface area contributed by atoms with Crippen LogP contribution in [0.4, 0.5) is 13.6 Å². The zero-order valence-corrected chi connectivity index (χ0v) is 6.33. The van der Waals surface area contributed by atoms with Gasteiger partial charge in [-0.1, -0.05) is 0 Å². The van der Waals surface area contributed by atoms with Crippen molar-refractivity contribution in [3.05, 3.63) is 0 Å². The summed E-state index contributed by atoms with van der Waals surface area (Å²) in [6.07, 6.45) is -1.68. The van der Waals surface area contributed by atoms with Crippen LogP contribution in [0.25, 0.3) is 0 Å². The summed E-state index contributed by atoms with van der Waals surface area (Å²) >= 11 is 0. The molecule has 6 heteroatoms. The minimum atomic E-state index is -2.92. The second kappa shape index (κ2) is 2.85. The fraction of sp³-hybridized carbons (Fsp3) is 0.833. The number of alkyl halides is 2. The van der Waals surface area contributed by atoms with Crippen LogP contribution in [0.3, 0.4) is 0 Å². The van der Waals surface area contributed by atoms with E-state index in [9.17, 15) is 13.6 Å². The average molecular weight is 180 g/mol. The van der Waals surface area contributed by atoms with Gasteiger partial charge >= 0.3 is 6.09 Å². The van der Waals surface area contributed by atoms with Crippen molar-refractivity contribution in [3.8, 4) is 0 Å². The summed E-state index contributed by atoms with van der Waals surface area (Å²) in [5.41, 5.74) is 5.09. The highest BCUT2D eigenvalue weighted by Crippen LogP contribution is 2.26. The van der Waals surface area contributed by atoms with Gasteiger partial charge in [0.2, 0.25) is 0 Å². The van der Waals surface area contributed by atoms with Crippen molar-refractivity contribution in [1.82, 2.24) is 4.90 Å². The number of hydrogen-bond donors (Lipinski definition) is 2. The Morgan fingerprint density at radius 1 is 1.67 bits per heavy atom. The molecule has 1 aliphatic rings. The number of hydrogen-bond acceptors (Lipinski definition) is 2. The van der Waals surface area contributed by atoms with Gasteiger partial charge < -0.3 is 15.7 Å². The van der Waals surface area contributed by atoms with E-state index in [1.807, 2.05) is 0 Å². The Morgan fingerprint density at radius 2 is 2.25 bits per heavy atom. The summed E-state index contributed by atoms with van der Waals surface area (Å²) in [5, 5.41) is 8.45. The highest BCUT2D eigenvalue weighted by atomic mass is 19.3. The molecule has 0 aromatic rings. The predicted octanol–water partition coefficient (Wildman–Crippen LogP) is 0.333. The fourth-order valence-electron chi connectivity index (χ4n) is 1.11. The minimum absolute atomic E-state index is 0.143. The van der Waals surface area contributed by atoms with Crippen LogP contribution in [-0.4, -0.2) is 41.2 Å². The van der Waals surface area contributed by atoms with Crippen molar-refractivity contribution in [1.29, 1.82) is 0 Å². The first kappa shape index (κ1) is 9.18. The Hall–Kier alpha value is -0.910. The first-order valence-corrected chi connectivity index (χ1v) is 3.55. The molecule has 12 heavy (non-hydrogen) atoms. The molecule has 4 nitrogen and oxygen atoms in total. The van der Waals surface area contributed by atoms with E-state index in [-0.39, 0.29) is 13.1 Å². The first-order chi connectivity index (χ1) is 5.43. The summed E-state index contributed by atoms with van der Waals surface area (Å²) in [7, 11) is 0. The lowest BCUT2D eigenvalue weighted by Crippen LogP contribution is -2.56. The first-order valence-electron chi connectivity index (χ1n) is 3.55. The van der Waals surface area contributed by atoms with Crippen LogP contribution < -0.4 is 5.73 Å². The molecule has 0 radical (unpaired) electrons. The lowest BCUT2D eigenvalue weighted by Gasteiger charge is -2.34. The molecule has 0 aromatic carbocycles. The minimum Gasteiger partial charge on any atom is -0.465 e. The average Bonchev–Trinajstić information content (AvgIpc) is 1.94. The highest BCUT2D eigenvalue weighted by Gasteiger charge is 2.42. The zero-order chi connectivity index (χ0) is 9.35. The number of halogens is 2. The normalized spacial score (nSPS) is 28.6. The Balaban J connectivity index is 2.58. The molecule has 1 atom stereocenters. The van der Waals surface area contributed by atoms with Crippen molar-refractivity contribution in [2.75, 3.05) is 13.1 Å². The van der Waals surface area contributed by atoms with Crippen LogP contribution in [0.1, 0.15) is 6.42 Å². The molecule has 1 aliphatic heterocycles. The van der Waals surface area contributed by atoms with Gasteiger partial charge in [0, 0.05) is 19.5 Å². The standard InChI is InChI=1S/C6H10F2N2O2/c7-6(8)1-2-10(5(11)12)3-4(6)9/h4H,1-3,9H2,(H,11,12). The SMILES string of the molecule is NC1CN(C(=O)O)CCC1(F)F. The number of piperidine rings is 1. The molecule has 0 aromatic heterocycles. The lowest BCUT2D eigenvalue weighted by molar-refractivity contribution is -0.0673. The molecule has 1 rings (SSSR count). The molecule has 0 bridgehead atoms. The van der Waals surface area contributed by atoms with Crippen LogP contribution in [0.5, 0.6) is 0 Å². The van der Waals surface area contributed by atoms with E-state index in [1.54, 1.807) is 0 Å². The molecule has 0 aliphatic carbocycles. The lowest BCUT2D eigenvalue weighted by atomic mass is 10.0. The molecule has 0 saturated carbocycles. The molecule has 1 amide bonds. The molecule has 1 saturated heterocycles. The highest BCUT2D eigenvalue weighted by molar-refractivity contribution is 5.65. The van der Waals surface area contributed by atoms with Gasteiger partial charge in [0.1, 0.15) is 0 Å². The van der Waals surface area contributed by atoms with Gasteiger partial charge in [0.25, 0.3) is 5.92 Å². The number of nitrogens with two attached hydrogens (primary N) is 1. The molecule has 70 valence electrons. The number of carbonyl (C=O) groups is 1. The van der Waals surface area contributed by atoms with E-state index < -0.39 is 24.5 Å². The van der Waals surface area contributed by atoms with Crippen molar-refractivity contribution in [2.24, 2.45) is 5.73 Å². The Morgan fingerprint density at radius 3 is 2.67 bits per heavy atom. The Kier molecular flexibility index (Phi) is 2.18. The van der Waals surface area contributed by atoms with E-state index in [0.29, 0.717) is 0 Å². The Bertz CT molecular complexity index is 198. The number of amides is 1. The molecular formula is C6H10F2N2O2. The van der Waals surface area contributed by atoms with E-state index in [2.05, 4.69) is 0 Å². The largest absolute Gasteiger partial charge is 0.465 e. The third-order valence-electron chi connectivity index (χ3n) is 1.95. The maximum Gasteiger partial charge on any atom is 0.407 e. The maximum absolute atomic E-state index is 12.7. The van der Waals surface area contributed by atoms with Gasteiger partial charge in [-0.3, -0.25) is 0 Å². The van der Waals surface area contributed by atoms with Crippen LogP contribution in [0, 0.1) is 0 Å². The van der Waals surface area contributed by atoms with Gasteiger partial charge in [-0.2, -0.15) is 0 Å². The summed E-state index contributed by atoms with van der Waals surface area (Å²) in [6.45, 7) is -0.432. The van der Waals surface area contributed by atoms with Crippen molar-refractivity contribution >= 4 is 6.09 Å². The van der Waals surface area contributed by atoms with E-state index in [4.69, 9.17) is 10.8 Å². The molecule has 1 fully saturated rings. The van der Waals surface area contributed by atoms with Crippen molar-refractivity contribution in [2.45, 2.75) is 18.4 Å². The van der Waals surface area contributed by atoms with Crippen LogP contribution in [0.15, 0.2) is 0 Å². The molecule has 1 heterocycles. The predicted molar refractivity (Wildman–Crippen MR) is 37.1 cm³/mol. The monoisotopic (exact) mass is 180 g/mol. The smallest absolute Gasteiger partial charge is 0.407 e. The van der Waals surface area contributed by atoms with Gasteiger partial charge in [-0.15, -0.1) is 0 Å². The summed E-state index contributed by atoms with van der Waals surface area (Å²) in [6, 6.07) is -1.37. The van der Waals surface area contributed by atoms with E-state index >= 15 is 0 Å². The number of likely N-dealkylation sites (tertiary alicyclic amines) is 1. The van der Waals surface area contributed by atoms with Crippen LogP contribution >= 0.6 is 0 Å². The van der Waals surface area contributed by atoms with E-state index in [0.717, 1.165) is 4.90 Å². The second-order valence-corrected chi connectivity index (χ2v) is 2.85. The summed E-state index contributed by atoms with van der Waals surface area (Å²) in [4.78, 5) is 11.2. The number of rotatable bonds is 0. The third kappa shape index (κ3) is 1.63. The van der Waals surface area contributed by atoms with Crippen LogP contribution in [-0.2, 0) is 0 Å². The second-order valence-electron chi connectivity index (χ2n) is 2.85. The third-order valence-corrected chi connectivity index (χ3v) is 1.95. The number of nitrogens with zero attached hydrogens (tertiary/aromatic N) is 1. The molecule has 1 unspecified atom stereocenters. The number of carboxylic acid groups (broad SMARTS) is 1.